The third-order valence-corrected chi connectivity index (χ3v) is 3.27. The Morgan fingerprint density at radius 2 is 1.60 bits per heavy atom. The van der Waals surface area contributed by atoms with Crippen molar-refractivity contribution in [2.24, 2.45) is 0 Å². The maximum Gasteiger partial charge on any atom is 0.217 e. The summed E-state index contributed by atoms with van der Waals surface area (Å²) in [6.45, 7) is 0.675. The third kappa shape index (κ3) is 2.43. The molecule has 0 unspecified atom stereocenters. The molecule has 1 aromatic carbocycles. The minimum Gasteiger partial charge on any atom is -0.477 e. The van der Waals surface area contributed by atoms with E-state index in [0.717, 1.165) is 23.1 Å². The van der Waals surface area contributed by atoms with Gasteiger partial charge in [-0.2, -0.15) is 0 Å². The molecule has 1 aliphatic heterocycles. The van der Waals surface area contributed by atoms with E-state index >= 15 is 0 Å². The van der Waals surface area contributed by atoms with E-state index in [1.807, 2.05) is 42.5 Å². The maximum atomic E-state index is 6.14. The first-order chi connectivity index (χ1) is 9.86. The molecule has 2 aromatic rings. The fraction of sp³-hybridized carbons (Fsp3) is 0.118. The average Bonchev–Trinajstić information content (AvgIpc) is 2.93. The highest BCUT2D eigenvalue weighted by Crippen LogP contribution is 2.36. The Bertz CT molecular complexity index is 657. The lowest BCUT2D eigenvalue weighted by Crippen LogP contribution is -1.95. The summed E-state index contributed by atoms with van der Waals surface area (Å²) in [5.74, 6) is 0.708. The Kier molecular flexibility index (Phi) is 3.50. The molecule has 0 fully saturated rings. The van der Waals surface area contributed by atoms with Crippen LogP contribution in [0, 0.1) is 0 Å². The number of rotatable bonds is 1. The lowest BCUT2D eigenvalue weighted by atomic mass is 9.99. The van der Waals surface area contributed by atoms with Crippen LogP contribution in [-0.4, -0.2) is 11.6 Å². The van der Waals surface area contributed by atoms with Crippen LogP contribution in [-0.2, 0) is 6.42 Å². The molecule has 1 aromatic heterocycles. The van der Waals surface area contributed by atoms with Crippen molar-refractivity contribution >= 4 is 5.69 Å². The topological polar surface area (TPSA) is 48.1 Å². The minimum atomic E-state index is 0.675. The quantitative estimate of drug-likeness (QED) is 0.858. The first-order valence-corrected chi connectivity index (χ1v) is 6.65. The van der Waals surface area contributed by atoms with Crippen molar-refractivity contribution in [3.63, 3.8) is 0 Å². The molecule has 0 saturated carbocycles. The minimum absolute atomic E-state index is 0.675. The number of fused-ring (bicyclic) bond motifs is 1. The molecule has 3 heteroatoms. The van der Waals surface area contributed by atoms with Gasteiger partial charge in [0.05, 0.1) is 18.5 Å². The molecule has 2 N–H and O–H groups in total. The van der Waals surface area contributed by atoms with Gasteiger partial charge < -0.3 is 10.5 Å². The van der Waals surface area contributed by atoms with Gasteiger partial charge in [0.1, 0.15) is 0 Å². The number of hydrogen-bond acceptors (Lipinski definition) is 3. The molecule has 0 saturated heterocycles. The van der Waals surface area contributed by atoms with Gasteiger partial charge in [-0.05, 0) is 5.56 Å². The summed E-state index contributed by atoms with van der Waals surface area (Å²) in [6.07, 6.45) is 2.53. The molecule has 0 aliphatic carbocycles. The summed E-state index contributed by atoms with van der Waals surface area (Å²) in [6, 6.07) is 18.1. The molecule has 1 aliphatic rings. The molecular weight excluding hydrogens is 248 g/mol. The predicted molar refractivity (Wildman–Crippen MR) is 80.9 cm³/mol. The highest BCUT2D eigenvalue weighted by Gasteiger charge is 2.20. The summed E-state index contributed by atoms with van der Waals surface area (Å²) in [5.41, 5.74) is 10.0. The second kappa shape index (κ2) is 5.61. The van der Waals surface area contributed by atoms with Crippen LogP contribution in [0.2, 0.25) is 0 Å². The summed E-state index contributed by atoms with van der Waals surface area (Å²) >= 11 is 0. The van der Waals surface area contributed by atoms with Gasteiger partial charge in [-0.3, -0.25) is 0 Å². The SMILES string of the molecule is Nc1cnc2c(c1-c1ccccccccc1)CCO2. The van der Waals surface area contributed by atoms with Crippen LogP contribution >= 0.6 is 0 Å². The second-order valence-electron chi connectivity index (χ2n) is 4.61. The number of nitrogens with two attached hydrogens (primary N) is 1. The van der Waals surface area contributed by atoms with Crippen molar-refractivity contribution in [3.05, 3.63) is 66.4 Å². The zero-order valence-corrected chi connectivity index (χ0v) is 11.1. The fourth-order valence-electron chi connectivity index (χ4n) is 2.36. The molecular formula is C17H16N2O. The van der Waals surface area contributed by atoms with Crippen LogP contribution in [0.15, 0.2) is 60.8 Å². The molecule has 0 radical (unpaired) electrons. The van der Waals surface area contributed by atoms with Gasteiger partial charge in [-0.25, -0.2) is 4.98 Å². The highest BCUT2D eigenvalue weighted by atomic mass is 16.5. The van der Waals surface area contributed by atoms with E-state index in [9.17, 15) is 0 Å². The van der Waals surface area contributed by atoms with Crippen molar-refractivity contribution in [2.75, 3.05) is 12.3 Å². The molecule has 2 heterocycles. The summed E-state index contributed by atoms with van der Waals surface area (Å²) in [4.78, 5) is 4.25. The van der Waals surface area contributed by atoms with E-state index in [1.165, 1.54) is 0 Å². The number of aromatic nitrogens is 1. The lowest BCUT2D eigenvalue weighted by molar-refractivity contribution is 0.345. The van der Waals surface area contributed by atoms with Crippen molar-refractivity contribution < 1.29 is 4.74 Å². The van der Waals surface area contributed by atoms with Gasteiger partial charge in [0.15, 0.2) is 0 Å². The monoisotopic (exact) mass is 264 g/mol. The Morgan fingerprint density at radius 3 is 2.30 bits per heavy atom. The Hall–Kier alpha value is -2.55. The Labute approximate surface area is 118 Å². The first-order valence-electron chi connectivity index (χ1n) is 6.65. The average molecular weight is 264 g/mol. The molecule has 3 nitrogen and oxygen atoms in total. The number of nitrogen functional groups attached to an aromatic ring is 1. The van der Waals surface area contributed by atoms with Crippen molar-refractivity contribution in [1.82, 2.24) is 4.98 Å². The van der Waals surface area contributed by atoms with Crippen LogP contribution in [0.5, 0.6) is 5.88 Å². The normalized spacial score (nSPS) is 12.2. The van der Waals surface area contributed by atoms with Gasteiger partial charge in [0.25, 0.3) is 0 Å². The molecule has 3 rings (SSSR count). The smallest absolute Gasteiger partial charge is 0.217 e. The second-order valence-corrected chi connectivity index (χ2v) is 4.61. The van der Waals surface area contributed by atoms with Gasteiger partial charge in [0, 0.05) is 17.5 Å². The molecule has 0 amide bonds. The molecule has 0 bridgehead atoms. The summed E-state index contributed by atoms with van der Waals surface area (Å²) < 4.78 is 5.52. The zero-order chi connectivity index (χ0) is 13.8. The van der Waals surface area contributed by atoms with Crippen LogP contribution in [0.25, 0.3) is 11.1 Å². The van der Waals surface area contributed by atoms with E-state index in [-0.39, 0.29) is 0 Å². The highest BCUT2D eigenvalue weighted by molar-refractivity contribution is 5.80. The van der Waals surface area contributed by atoms with E-state index in [1.54, 1.807) is 6.20 Å². The number of anilines is 1. The number of nitrogens with zero attached hydrogens (tertiary/aromatic N) is 1. The summed E-state index contributed by atoms with van der Waals surface area (Å²) in [5, 5.41) is 0. The fourth-order valence-corrected chi connectivity index (χ4v) is 2.36. The van der Waals surface area contributed by atoms with E-state index < -0.39 is 0 Å². The van der Waals surface area contributed by atoms with E-state index in [0.29, 0.717) is 18.2 Å². The van der Waals surface area contributed by atoms with Crippen molar-refractivity contribution in [2.45, 2.75) is 6.42 Å². The standard InChI is InChI=1S/C17H16N2O/c18-15-12-19-17-14(10-11-20-17)16(15)13-8-6-4-2-1-3-5-7-9-13/h1-9,12H,10-11,18H2. The molecule has 100 valence electrons. The third-order valence-electron chi connectivity index (χ3n) is 3.27. The van der Waals surface area contributed by atoms with Gasteiger partial charge in [-0.15, -0.1) is 0 Å². The molecule has 0 spiro atoms. The largest absolute Gasteiger partial charge is 0.477 e. The number of hydrogen-bond donors (Lipinski definition) is 1. The summed E-state index contributed by atoms with van der Waals surface area (Å²) in [7, 11) is 0. The zero-order valence-electron chi connectivity index (χ0n) is 11.1. The molecule has 0 atom stereocenters. The van der Waals surface area contributed by atoms with Crippen LogP contribution in [0.3, 0.4) is 0 Å². The Balaban J connectivity index is 2.22. The predicted octanol–water partition coefficient (Wildman–Crippen LogP) is 3.39. The van der Waals surface area contributed by atoms with Gasteiger partial charge in [-0.1, -0.05) is 54.6 Å². The van der Waals surface area contributed by atoms with Crippen molar-refractivity contribution in [1.29, 1.82) is 0 Å². The lowest BCUT2D eigenvalue weighted by Gasteiger charge is -2.09. The Morgan fingerprint density at radius 1 is 0.950 bits per heavy atom. The van der Waals surface area contributed by atoms with Crippen LogP contribution < -0.4 is 10.5 Å². The maximum absolute atomic E-state index is 6.14. The van der Waals surface area contributed by atoms with E-state index in [2.05, 4.69) is 17.1 Å². The number of ether oxygens (including phenoxy) is 1. The van der Waals surface area contributed by atoms with E-state index in [4.69, 9.17) is 10.5 Å². The molecule has 20 heavy (non-hydrogen) atoms. The van der Waals surface area contributed by atoms with Crippen LogP contribution in [0.4, 0.5) is 5.69 Å². The van der Waals surface area contributed by atoms with Crippen molar-refractivity contribution in [3.8, 4) is 17.0 Å². The van der Waals surface area contributed by atoms with Crippen LogP contribution in [0.1, 0.15) is 5.56 Å². The van der Waals surface area contributed by atoms with Gasteiger partial charge >= 0.3 is 0 Å². The first kappa shape index (κ1) is 12.5. The van der Waals surface area contributed by atoms with Gasteiger partial charge in [0.2, 0.25) is 5.88 Å². The number of pyridine rings is 1.